The Labute approximate surface area is 170 Å². The predicted octanol–water partition coefficient (Wildman–Crippen LogP) is 1.33. The largest absolute Gasteiger partial charge is 0.493 e. The molecule has 4 N–H and O–H groups in total. The number of methoxy groups -OCH3 is 2. The van der Waals surface area contributed by atoms with Gasteiger partial charge in [-0.05, 0) is 32.8 Å². The Kier molecular flexibility index (Phi) is 5.97. The molecule has 0 saturated carbocycles. The van der Waals surface area contributed by atoms with Gasteiger partial charge in [-0.25, -0.2) is 4.98 Å². The molecule has 0 aliphatic carbocycles. The SMILES string of the molecule is COc1cc2nc(N3CCC(C(=O)NCC(C)(C)O)CC3)nc(N)c2cc1OC. The number of carbonyl (C=O) groups is 1. The lowest BCUT2D eigenvalue weighted by atomic mass is 9.95. The summed E-state index contributed by atoms with van der Waals surface area (Å²) in [6.45, 7) is 4.88. The summed E-state index contributed by atoms with van der Waals surface area (Å²) in [6.07, 6.45) is 1.37. The Morgan fingerprint density at radius 3 is 2.45 bits per heavy atom. The van der Waals surface area contributed by atoms with Gasteiger partial charge in [0.05, 0.1) is 25.3 Å². The molecule has 2 heterocycles. The van der Waals surface area contributed by atoms with Crippen LogP contribution in [0.2, 0.25) is 0 Å². The maximum Gasteiger partial charge on any atom is 0.227 e. The lowest BCUT2D eigenvalue weighted by Gasteiger charge is -2.32. The highest BCUT2D eigenvalue weighted by atomic mass is 16.5. The van der Waals surface area contributed by atoms with Gasteiger partial charge in [0.15, 0.2) is 11.5 Å². The molecule has 1 amide bonds. The summed E-state index contributed by atoms with van der Waals surface area (Å²) >= 11 is 0. The van der Waals surface area contributed by atoms with Crippen molar-refractivity contribution in [3.8, 4) is 11.5 Å². The third-order valence-electron chi connectivity index (χ3n) is 5.06. The van der Waals surface area contributed by atoms with E-state index in [1.807, 2.05) is 4.90 Å². The number of ether oxygens (including phenoxy) is 2. The zero-order chi connectivity index (χ0) is 21.2. The van der Waals surface area contributed by atoms with Crippen LogP contribution in [0, 0.1) is 5.92 Å². The summed E-state index contributed by atoms with van der Waals surface area (Å²) in [5.41, 5.74) is 5.93. The molecule has 158 valence electrons. The van der Waals surface area contributed by atoms with Crippen LogP contribution < -0.4 is 25.4 Å². The van der Waals surface area contributed by atoms with Gasteiger partial charge >= 0.3 is 0 Å². The molecule has 0 atom stereocenters. The van der Waals surface area contributed by atoms with Gasteiger partial charge in [0.25, 0.3) is 0 Å². The van der Waals surface area contributed by atoms with Crippen molar-refractivity contribution in [1.29, 1.82) is 0 Å². The van der Waals surface area contributed by atoms with E-state index < -0.39 is 5.60 Å². The first kappa shape index (κ1) is 20.9. The van der Waals surface area contributed by atoms with Gasteiger partial charge in [-0.1, -0.05) is 0 Å². The first-order valence-corrected chi connectivity index (χ1v) is 9.66. The third kappa shape index (κ3) is 4.79. The fourth-order valence-corrected chi connectivity index (χ4v) is 3.40. The summed E-state index contributed by atoms with van der Waals surface area (Å²) in [5, 5.41) is 13.3. The minimum atomic E-state index is -0.920. The lowest BCUT2D eigenvalue weighted by Crippen LogP contribution is -2.44. The lowest BCUT2D eigenvalue weighted by molar-refractivity contribution is -0.126. The molecule has 0 spiro atoms. The Bertz CT molecular complexity index is 889. The Balaban J connectivity index is 1.73. The van der Waals surface area contributed by atoms with Gasteiger partial charge in [-0.2, -0.15) is 4.98 Å². The van der Waals surface area contributed by atoms with Crippen LogP contribution in [0.15, 0.2) is 12.1 Å². The molecule has 1 fully saturated rings. The number of fused-ring (bicyclic) bond motifs is 1. The number of aromatic nitrogens is 2. The molecule has 3 rings (SSSR count). The number of piperidine rings is 1. The molecule has 29 heavy (non-hydrogen) atoms. The van der Waals surface area contributed by atoms with Gasteiger partial charge in [0.1, 0.15) is 5.82 Å². The molecule has 9 heteroatoms. The van der Waals surface area contributed by atoms with Crippen molar-refractivity contribution in [2.75, 3.05) is 44.5 Å². The number of benzene rings is 1. The van der Waals surface area contributed by atoms with Crippen LogP contribution in [0.4, 0.5) is 11.8 Å². The zero-order valence-corrected chi connectivity index (χ0v) is 17.4. The molecule has 9 nitrogen and oxygen atoms in total. The van der Waals surface area contributed by atoms with E-state index >= 15 is 0 Å². The van der Waals surface area contributed by atoms with E-state index in [0.29, 0.717) is 60.1 Å². The number of anilines is 2. The fraction of sp³-hybridized carbons (Fsp3) is 0.550. The average Bonchev–Trinajstić information content (AvgIpc) is 2.70. The van der Waals surface area contributed by atoms with Crippen molar-refractivity contribution < 1.29 is 19.4 Å². The topological polar surface area (TPSA) is 123 Å². The number of carbonyl (C=O) groups excluding carboxylic acids is 1. The molecule has 1 aliphatic heterocycles. The molecule has 2 aromatic rings. The van der Waals surface area contributed by atoms with E-state index in [9.17, 15) is 9.90 Å². The zero-order valence-electron chi connectivity index (χ0n) is 17.4. The van der Waals surface area contributed by atoms with Crippen LogP contribution in [-0.4, -0.2) is 60.4 Å². The van der Waals surface area contributed by atoms with E-state index in [-0.39, 0.29) is 18.4 Å². The molecular formula is C20H29N5O4. The van der Waals surface area contributed by atoms with Gasteiger partial charge in [-0.3, -0.25) is 4.79 Å². The number of nitrogen functional groups attached to an aromatic ring is 1. The van der Waals surface area contributed by atoms with Gasteiger partial charge < -0.3 is 30.5 Å². The standard InChI is InChI=1S/C20H29N5O4/c1-20(2,27)11-22-18(26)12-5-7-25(8-6-12)19-23-14-10-16(29-4)15(28-3)9-13(14)17(21)24-19/h9-10,12,27H,5-8,11H2,1-4H3,(H,22,26)(H2,21,23,24). The van der Waals surface area contributed by atoms with Crippen LogP contribution in [-0.2, 0) is 4.79 Å². The number of aliphatic hydroxyl groups is 1. The number of hydrogen-bond acceptors (Lipinski definition) is 8. The fourth-order valence-electron chi connectivity index (χ4n) is 3.40. The highest BCUT2D eigenvalue weighted by molar-refractivity contribution is 5.91. The summed E-state index contributed by atoms with van der Waals surface area (Å²) in [7, 11) is 3.14. The van der Waals surface area contributed by atoms with Gasteiger partial charge in [0.2, 0.25) is 11.9 Å². The minimum Gasteiger partial charge on any atom is -0.493 e. The molecule has 0 unspecified atom stereocenters. The van der Waals surface area contributed by atoms with E-state index in [1.165, 1.54) is 0 Å². The molecule has 1 saturated heterocycles. The van der Waals surface area contributed by atoms with Crippen molar-refractivity contribution in [2.24, 2.45) is 5.92 Å². The average molecular weight is 403 g/mol. The van der Waals surface area contributed by atoms with Crippen LogP contribution in [0.5, 0.6) is 11.5 Å². The second-order valence-electron chi connectivity index (χ2n) is 7.92. The first-order valence-electron chi connectivity index (χ1n) is 9.66. The van der Waals surface area contributed by atoms with E-state index in [1.54, 1.807) is 40.2 Å². The summed E-state index contributed by atoms with van der Waals surface area (Å²) < 4.78 is 10.7. The number of nitrogens with two attached hydrogens (primary N) is 1. The van der Waals surface area contributed by atoms with Crippen LogP contribution in [0.1, 0.15) is 26.7 Å². The highest BCUT2D eigenvalue weighted by Gasteiger charge is 2.27. The summed E-state index contributed by atoms with van der Waals surface area (Å²) in [4.78, 5) is 23.5. The molecule has 1 aliphatic rings. The van der Waals surface area contributed by atoms with Crippen molar-refractivity contribution in [3.05, 3.63) is 12.1 Å². The maximum atomic E-state index is 12.3. The van der Waals surface area contributed by atoms with Crippen molar-refractivity contribution >= 4 is 28.6 Å². The van der Waals surface area contributed by atoms with Crippen LogP contribution in [0.25, 0.3) is 10.9 Å². The number of hydrogen-bond donors (Lipinski definition) is 3. The smallest absolute Gasteiger partial charge is 0.227 e. The Hall–Kier alpha value is -2.81. The number of rotatable bonds is 6. The number of nitrogens with zero attached hydrogens (tertiary/aromatic N) is 3. The van der Waals surface area contributed by atoms with Crippen molar-refractivity contribution in [3.63, 3.8) is 0 Å². The van der Waals surface area contributed by atoms with E-state index in [0.717, 1.165) is 0 Å². The van der Waals surface area contributed by atoms with Gasteiger partial charge in [-0.15, -0.1) is 0 Å². The number of amides is 1. The Morgan fingerprint density at radius 2 is 1.86 bits per heavy atom. The second-order valence-corrected chi connectivity index (χ2v) is 7.92. The molecule has 0 radical (unpaired) electrons. The van der Waals surface area contributed by atoms with Crippen LogP contribution in [0.3, 0.4) is 0 Å². The van der Waals surface area contributed by atoms with Gasteiger partial charge in [0, 0.05) is 37.0 Å². The monoisotopic (exact) mass is 403 g/mol. The van der Waals surface area contributed by atoms with E-state index in [2.05, 4.69) is 15.3 Å². The van der Waals surface area contributed by atoms with Crippen molar-refractivity contribution in [1.82, 2.24) is 15.3 Å². The quantitative estimate of drug-likeness (QED) is 0.660. The Morgan fingerprint density at radius 1 is 1.24 bits per heavy atom. The van der Waals surface area contributed by atoms with E-state index in [4.69, 9.17) is 15.2 Å². The molecule has 1 aromatic heterocycles. The first-order chi connectivity index (χ1) is 13.7. The predicted molar refractivity (Wildman–Crippen MR) is 111 cm³/mol. The molecule has 0 bridgehead atoms. The third-order valence-corrected chi connectivity index (χ3v) is 5.06. The minimum absolute atomic E-state index is 0.0254. The summed E-state index contributed by atoms with van der Waals surface area (Å²) in [5.74, 6) is 1.94. The highest BCUT2D eigenvalue weighted by Crippen LogP contribution is 2.34. The second kappa shape index (κ2) is 8.28. The molecular weight excluding hydrogens is 374 g/mol. The molecule has 1 aromatic carbocycles. The van der Waals surface area contributed by atoms with Crippen LogP contribution >= 0.6 is 0 Å². The number of nitrogens with one attached hydrogen (secondary N) is 1. The van der Waals surface area contributed by atoms with Crippen molar-refractivity contribution in [2.45, 2.75) is 32.3 Å². The summed E-state index contributed by atoms with van der Waals surface area (Å²) in [6, 6.07) is 3.55. The normalized spacial score (nSPS) is 15.4. The maximum absolute atomic E-state index is 12.3.